The number of halogens is 5. The van der Waals surface area contributed by atoms with Gasteiger partial charge in [0.1, 0.15) is 0 Å². The molecule has 1 atom stereocenters. The van der Waals surface area contributed by atoms with Gasteiger partial charge in [0.2, 0.25) is 5.60 Å². The van der Waals surface area contributed by atoms with Crippen LogP contribution in [0, 0.1) is 0 Å². The van der Waals surface area contributed by atoms with Crippen LogP contribution in [0.3, 0.4) is 0 Å². The van der Waals surface area contributed by atoms with E-state index in [1.165, 1.54) is 36.2 Å². The van der Waals surface area contributed by atoms with E-state index < -0.39 is 17.7 Å². The summed E-state index contributed by atoms with van der Waals surface area (Å²) in [4.78, 5) is 17.2. The van der Waals surface area contributed by atoms with Crippen LogP contribution in [0.25, 0.3) is 16.6 Å². The number of aromatic nitrogens is 2. The first-order valence-electron chi connectivity index (χ1n) is 8.81. The molecular weight excluding hydrogens is 458 g/mol. The van der Waals surface area contributed by atoms with Crippen LogP contribution in [-0.4, -0.2) is 29.0 Å². The molecule has 0 amide bonds. The van der Waals surface area contributed by atoms with E-state index in [0.29, 0.717) is 16.5 Å². The average molecular weight is 472 g/mol. The third kappa shape index (κ3) is 3.42. The zero-order valence-electron chi connectivity index (χ0n) is 16.1. The van der Waals surface area contributed by atoms with Gasteiger partial charge in [0, 0.05) is 33.6 Å². The number of benzene rings is 2. The highest BCUT2D eigenvalue weighted by molar-refractivity contribution is 6.34. The van der Waals surface area contributed by atoms with Crippen molar-refractivity contribution < 1.29 is 27.5 Å². The van der Waals surface area contributed by atoms with Crippen molar-refractivity contribution in [2.45, 2.75) is 11.8 Å². The van der Waals surface area contributed by atoms with Gasteiger partial charge in [-0.05, 0) is 30.3 Å². The summed E-state index contributed by atoms with van der Waals surface area (Å²) in [6, 6.07) is 6.56. The van der Waals surface area contributed by atoms with Gasteiger partial charge in [-0.1, -0.05) is 29.3 Å². The Morgan fingerprint density at radius 3 is 2.52 bits per heavy atom. The quantitative estimate of drug-likeness (QED) is 0.544. The third-order valence-electron chi connectivity index (χ3n) is 4.98. The van der Waals surface area contributed by atoms with E-state index in [1.807, 2.05) is 0 Å². The first kappa shape index (κ1) is 21.5. The van der Waals surface area contributed by atoms with Crippen LogP contribution in [-0.2, 0) is 22.2 Å². The number of rotatable bonds is 3. The Morgan fingerprint density at radius 1 is 1.23 bits per heavy atom. The Morgan fingerprint density at radius 2 is 1.90 bits per heavy atom. The first-order chi connectivity index (χ1) is 14.6. The summed E-state index contributed by atoms with van der Waals surface area (Å²) >= 11 is 11.9. The lowest BCUT2D eigenvalue weighted by Crippen LogP contribution is -2.42. The Bertz CT molecular complexity index is 1220. The molecule has 0 spiro atoms. The minimum absolute atomic E-state index is 0.0358. The number of alkyl halides is 3. The van der Waals surface area contributed by atoms with Gasteiger partial charge in [-0.3, -0.25) is 15.0 Å². The maximum Gasteiger partial charge on any atom is 0.428 e. The third-order valence-corrected chi connectivity index (χ3v) is 5.41. The fraction of sp³-hybridized carbons (Fsp3) is 0.200. The number of nitrogens with zero attached hydrogens (tertiary/aromatic N) is 2. The molecule has 31 heavy (non-hydrogen) atoms. The Balaban J connectivity index is 1.92. The van der Waals surface area contributed by atoms with Crippen molar-refractivity contribution in [3.63, 3.8) is 0 Å². The molecular formula is C20H14Cl2F3N3O3. The predicted molar refractivity (Wildman–Crippen MR) is 108 cm³/mol. The SMILES string of the molecule is COC(=O)c1ccc(C2=CC(c3cc(Cl)cc(Cl)c3)(C(F)(F)F)ON2)c2cnn(C)c12. The normalized spacial score (nSPS) is 18.7. The number of carbonyl (C=O) groups is 1. The zero-order valence-corrected chi connectivity index (χ0v) is 17.6. The Hall–Kier alpha value is -2.75. The van der Waals surface area contributed by atoms with Gasteiger partial charge < -0.3 is 4.74 Å². The second-order valence-corrected chi connectivity index (χ2v) is 7.71. The molecule has 1 N–H and O–H groups in total. The summed E-state index contributed by atoms with van der Waals surface area (Å²) in [7, 11) is 2.85. The minimum atomic E-state index is -4.84. The van der Waals surface area contributed by atoms with Crippen molar-refractivity contribution in [3.05, 3.63) is 69.3 Å². The fourth-order valence-electron chi connectivity index (χ4n) is 3.54. The van der Waals surface area contributed by atoms with E-state index in [1.54, 1.807) is 7.05 Å². The summed E-state index contributed by atoms with van der Waals surface area (Å²) in [6.45, 7) is 0. The Kier molecular flexibility index (Phi) is 5.15. The van der Waals surface area contributed by atoms with Crippen LogP contribution in [0.1, 0.15) is 21.5 Å². The minimum Gasteiger partial charge on any atom is -0.465 e. The molecule has 2 aromatic carbocycles. The predicted octanol–water partition coefficient (Wildman–Crippen LogP) is 5.00. The smallest absolute Gasteiger partial charge is 0.428 e. The fourth-order valence-corrected chi connectivity index (χ4v) is 4.07. The highest BCUT2D eigenvalue weighted by Gasteiger charge is 2.59. The summed E-state index contributed by atoms with van der Waals surface area (Å²) in [5.41, 5.74) is 0.295. The number of hydroxylamine groups is 1. The van der Waals surface area contributed by atoms with Gasteiger partial charge in [-0.15, -0.1) is 0 Å². The molecule has 162 valence electrons. The van der Waals surface area contributed by atoms with Crippen molar-refractivity contribution in [3.8, 4) is 0 Å². The lowest BCUT2D eigenvalue weighted by Gasteiger charge is -2.28. The summed E-state index contributed by atoms with van der Waals surface area (Å²) in [5, 5.41) is 4.64. The van der Waals surface area contributed by atoms with E-state index >= 15 is 0 Å². The molecule has 4 rings (SSSR count). The number of carbonyl (C=O) groups excluding carboxylic acids is 1. The standard InChI is InChI=1S/C20H14Cl2F3N3O3/c1-28-17-14(18(29)30-2)4-3-13(15(17)9-26-28)16-8-19(31-27-16,20(23,24)25)10-5-11(21)7-12(22)6-10/h3-9,27H,1-2H3. The number of methoxy groups -OCH3 is 1. The van der Waals surface area contributed by atoms with Gasteiger partial charge in [-0.25, -0.2) is 4.79 Å². The second kappa shape index (κ2) is 7.44. The van der Waals surface area contributed by atoms with E-state index in [0.717, 1.165) is 18.2 Å². The molecule has 0 aliphatic carbocycles. The van der Waals surface area contributed by atoms with Crippen molar-refractivity contribution in [2.75, 3.05) is 7.11 Å². The van der Waals surface area contributed by atoms with Gasteiger partial charge >= 0.3 is 12.1 Å². The van der Waals surface area contributed by atoms with E-state index in [4.69, 9.17) is 32.8 Å². The molecule has 0 bridgehead atoms. The summed E-state index contributed by atoms with van der Waals surface area (Å²) in [5.74, 6) is -0.594. The first-order valence-corrected chi connectivity index (χ1v) is 9.56. The maximum atomic E-state index is 14.2. The molecule has 0 radical (unpaired) electrons. The molecule has 0 saturated carbocycles. The average Bonchev–Trinajstić information content (AvgIpc) is 3.31. The molecule has 11 heteroatoms. The van der Waals surface area contributed by atoms with Crippen LogP contribution in [0.5, 0.6) is 0 Å². The molecule has 0 saturated heterocycles. The van der Waals surface area contributed by atoms with Crippen molar-refractivity contribution >= 4 is 45.8 Å². The van der Waals surface area contributed by atoms with Crippen LogP contribution >= 0.6 is 23.2 Å². The molecule has 1 unspecified atom stereocenters. The number of ether oxygens (including phenoxy) is 1. The van der Waals surface area contributed by atoms with E-state index in [-0.39, 0.29) is 26.9 Å². The van der Waals surface area contributed by atoms with Gasteiger partial charge in [0.15, 0.2) is 0 Å². The second-order valence-electron chi connectivity index (χ2n) is 6.84. The number of nitrogens with one attached hydrogen (secondary N) is 1. The van der Waals surface area contributed by atoms with Gasteiger partial charge in [-0.2, -0.15) is 18.3 Å². The molecule has 0 fully saturated rings. The monoisotopic (exact) mass is 471 g/mol. The largest absolute Gasteiger partial charge is 0.465 e. The van der Waals surface area contributed by atoms with Crippen molar-refractivity contribution in [2.24, 2.45) is 7.05 Å². The molecule has 6 nitrogen and oxygen atoms in total. The number of hydrogen-bond acceptors (Lipinski definition) is 5. The lowest BCUT2D eigenvalue weighted by molar-refractivity contribution is -0.269. The number of aryl methyl sites for hydroxylation is 1. The Labute approximate surface area is 184 Å². The number of esters is 1. The highest BCUT2D eigenvalue weighted by atomic mass is 35.5. The topological polar surface area (TPSA) is 65.4 Å². The molecule has 3 aromatic rings. The number of hydrogen-bond donors (Lipinski definition) is 1. The maximum absolute atomic E-state index is 14.2. The molecule has 1 aromatic heterocycles. The molecule has 2 heterocycles. The van der Waals surface area contributed by atoms with Crippen molar-refractivity contribution in [1.29, 1.82) is 0 Å². The van der Waals surface area contributed by atoms with Crippen LogP contribution in [0.15, 0.2) is 42.6 Å². The van der Waals surface area contributed by atoms with E-state index in [2.05, 4.69) is 10.6 Å². The highest BCUT2D eigenvalue weighted by Crippen LogP contribution is 2.48. The van der Waals surface area contributed by atoms with Crippen LogP contribution < -0.4 is 5.48 Å². The molecule has 1 aliphatic heterocycles. The van der Waals surface area contributed by atoms with Crippen molar-refractivity contribution in [1.82, 2.24) is 15.3 Å². The summed E-state index contributed by atoms with van der Waals surface area (Å²) < 4.78 is 48.9. The molecule has 1 aliphatic rings. The van der Waals surface area contributed by atoms with Gasteiger partial charge in [0.25, 0.3) is 0 Å². The van der Waals surface area contributed by atoms with Gasteiger partial charge in [0.05, 0.1) is 30.1 Å². The van der Waals surface area contributed by atoms with Crippen LogP contribution in [0.2, 0.25) is 10.0 Å². The van der Waals surface area contributed by atoms with Crippen LogP contribution in [0.4, 0.5) is 13.2 Å². The van der Waals surface area contributed by atoms with E-state index in [9.17, 15) is 18.0 Å². The number of fused-ring (bicyclic) bond motifs is 1. The lowest BCUT2D eigenvalue weighted by atomic mass is 9.91. The summed E-state index contributed by atoms with van der Waals surface area (Å²) in [6.07, 6.45) is -2.48. The zero-order chi connectivity index (χ0) is 22.6.